The maximum atomic E-state index is 13.9. The topological polar surface area (TPSA) is 86.8 Å². The molecular formula is C29H33Cl2N3O4S. The van der Waals surface area contributed by atoms with Crippen LogP contribution in [0.3, 0.4) is 0 Å². The summed E-state index contributed by atoms with van der Waals surface area (Å²) in [7, 11) is -4.16. The lowest BCUT2D eigenvalue weighted by Gasteiger charge is -2.32. The molecular weight excluding hydrogens is 557 g/mol. The zero-order valence-corrected chi connectivity index (χ0v) is 24.6. The van der Waals surface area contributed by atoms with E-state index < -0.39 is 28.5 Å². The summed E-state index contributed by atoms with van der Waals surface area (Å²) in [5, 5.41) is 3.75. The Kier molecular flexibility index (Phi) is 10.8. The van der Waals surface area contributed by atoms with Gasteiger partial charge in [0.25, 0.3) is 10.0 Å². The highest BCUT2D eigenvalue weighted by Gasteiger charge is 2.33. The minimum Gasteiger partial charge on any atom is -0.354 e. The van der Waals surface area contributed by atoms with Gasteiger partial charge in [0.2, 0.25) is 11.8 Å². The Morgan fingerprint density at radius 2 is 1.64 bits per heavy atom. The minimum absolute atomic E-state index is 0.00491. The monoisotopic (exact) mass is 589 g/mol. The van der Waals surface area contributed by atoms with E-state index in [2.05, 4.69) is 5.32 Å². The van der Waals surface area contributed by atoms with Gasteiger partial charge in [-0.1, -0.05) is 66.9 Å². The lowest BCUT2D eigenvalue weighted by molar-refractivity contribution is -0.139. The van der Waals surface area contributed by atoms with E-state index in [1.165, 1.54) is 29.2 Å². The zero-order chi connectivity index (χ0) is 28.6. The van der Waals surface area contributed by atoms with Crippen molar-refractivity contribution in [2.75, 3.05) is 17.4 Å². The predicted octanol–water partition coefficient (Wildman–Crippen LogP) is 5.83. The highest BCUT2D eigenvalue weighted by molar-refractivity contribution is 7.92. The van der Waals surface area contributed by atoms with Gasteiger partial charge in [-0.05, 0) is 73.9 Å². The number of nitrogens with one attached hydrogen (secondary N) is 1. The van der Waals surface area contributed by atoms with Crippen molar-refractivity contribution >= 4 is 50.7 Å². The molecule has 7 nitrogen and oxygen atoms in total. The molecule has 3 aromatic rings. The van der Waals surface area contributed by atoms with Crippen LogP contribution in [0, 0.1) is 6.92 Å². The number of para-hydroxylation sites is 1. The first-order chi connectivity index (χ1) is 18.5. The molecule has 0 bridgehead atoms. The largest absolute Gasteiger partial charge is 0.354 e. The van der Waals surface area contributed by atoms with Gasteiger partial charge in [-0.15, -0.1) is 0 Å². The number of unbranched alkanes of at least 4 members (excludes halogenated alkanes) is 1. The van der Waals surface area contributed by atoms with Gasteiger partial charge < -0.3 is 10.2 Å². The van der Waals surface area contributed by atoms with E-state index in [4.69, 9.17) is 23.2 Å². The number of rotatable bonds is 12. The number of hydrogen-bond acceptors (Lipinski definition) is 4. The Bertz CT molecular complexity index is 1400. The Balaban J connectivity index is 2.01. The molecule has 1 unspecified atom stereocenters. The predicted molar refractivity (Wildman–Crippen MR) is 157 cm³/mol. The third-order valence-electron chi connectivity index (χ3n) is 6.30. The fraction of sp³-hybridized carbons (Fsp3) is 0.310. The van der Waals surface area contributed by atoms with Gasteiger partial charge in [0, 0.05) is 23.1 Å². The van der Waals surface area contributed by atoms with Gasteiger partial charge in [0.1, 0.15) is 12.6 Å². The molecule has 39 heavy (non-hydrogen) atoms. The molecule has 10 heteroatoms. The minimum atomic E-state index is -4.16. The van der Waals surface area contributed by atoms with Gasteiger partial charge in [0.15, 0.2) is 0 Å². The maximum Gasteiger partial charge on any atom is 0.264 e. The second-order valence-electron chi connectivity index (χ2n) is 9.22. The summed E-state index contributed by atoms with van der Waals surface area (Å²) >= 11 is 12.2. The van der Waals surface area contributed by atoms with Crippen LogP contribution in [0.5, 0.6) is 0 Å². The number of nitrogens with zero attached hydrogens (tertiary/aromatic N) is 2. The van der Waals surface area contributed by atoms with E-state index in [1.54, 1.807) is 62.4 Å². The number of hydrogen-bond donors (Lipinski definition) is 1. The first-order valence-corrected chi connectivity index (χ1v) is 14.9. The average Bonchev–Trinajstić information content (AvgIpc) is 2.90. The molecule has 0 aliphatic rings. The number of sulfonamides is 1. The van der Waals surface area contributed by atoms with Gasteiger partial charge >= 0.3 is 0 Å². The molecule has 0 radical (unpaired) electrons. The standard InChI is InChI=1S/C29H33Cl2N3O4S/c1-4-5-17-32-29(36)22(3)33(19-23-10-8-11-25(31)18-23)28(35)20-34(27-12-7-6-9-21(27)2)39(37,38)26-15-13-24(30)14-16-26/h6-16,18,22H,4-5,17,19-20H2,1-3H3,(H,32,36). The van der Waals surface area contributed by atoms with Crippen LogP contribution in [-0.2, 0) is 26.2 Å². The van der Waals surface area contributed by atoms with Crippen LogP contribution < -0.4 is 9.62 Å². The highest BCUT2D eigenvalue weighted by atomic mass is 35.5. The van der Waals surface area contributed by atoms with Crippen LogP contribution in [-0.4, -0.2) is 44.3 Å². The molecule has 0 spiro atoms. The molecule has 2 amide bonds. The number of anilines is 1. The Morgan fingerprint density at radius 3 is 2.28 bits per heavy atom. The first kappa shape index (κ1) is 30.5. The summed E-state index contributed by atoms with van der Waals surface area (Å²) in [6.45, 7) is 5.48. The fourth-order valence-corrected chi connectivity index (χ4v) is 5.86. The number of halogens is 2. The number of carbonyl (C=O) groups is 2. The van der Waals surface area contributed by atoms with Crippen molar-refractivity contribution in [3.63, 3.8) is 0 Å². The van der Waals surface area contributed by atoms with Gasteiger partial charge in [-0.2, -0.15) is 0 Å². The Hall–Kier alpha value is -3.07. The summed E-state index contributed by atoms with van der Waals surface area (Å²) < 4.78 is 28.8. The maximum absolute atomic E-state index is 13.9. The van der Waals surface area contributed by atoms with Crippen LogP contribution in [0.15, 0.2) is 77.7 Å². The molecule has 1 atom stereocenters. The van der Waals surface area contributed by atoms with Crippen LogP contribution >= 0.6 is 23.2 Å². The second kappa shape index (κ2) is 13.8. The molecule has 3 rings (SSSR count). The number of amides is 2. The van der Waals surface area contributed by atoms with Crippen LogP contribution in [0.2, 0.25) is 10.0 Å². The van der Waals surface area contributed by atoms with Gasteiger partial charge in [-0.3, -0.25) is 13.9 Å². The van der Waals surface area contributed by atoms with Crippen LogP contribution in [0.1, 0.15) is 37.8 Å². The van der Waals surface area contributed by atoms with Crippen molar-refractivity contribution in [1.29, 1.82) is 0 Å². The molecule has 1 N–H and O–H groups in total. The molecule has 0 saturated carbocycles. The lowest BCUT2D eigenvalue weighted by atomic mass is 10.1. The van der Waals surface area contributed by atoms with Gasteiger partial charge in [-0.25, -0.2) is 8.42 Å². The quantitative estimate of drug-likeness (QED) is 0.269. The number of carbonyl (C=O) groups excluding carboxylic acids is 2. The van der Waals surface area contributed by atoms with Crippen molar-refractivity contribution < 1.29 is 18.0 Å². The average molecular weight is 591 g/mol. The number of aryl methyl sites for hydroxylation is 1. The van der Waals surface area contributed by atoms with E-state index in [0.717, 1.165) is 17.1 Å². The van der Waals surface area contributed by atoms with E-state index in [9.17, 15) is 18.0 Å². The zero-order valence-electron chi connectivity index (χ0n) is 22.2. The van der Waals surface area contributed by atoms with E-state index in [1.807, 2.05) is 6.92 Å². The van der Waals surface area contributed by atoms with Crippen LogP contribution in [0.4, 0.5) is 5.69 Å². The van der Waals surface area contributed by atoms with E-state index in [0.29, 0.717) is 33.4 Å². The molecule has 0 fully saturated rings. The molecule has 0 aromatic heterocycles. The number of benzene rings is 3. The molecule has 0 aliphatic carbocycles. The third-order valence-corrected chi connectivity index (χ3v) is 8.56. The summed E-state index contributed by atoms with van der Waals surface area (Å²) in [6.07, 6.45) is 1.72. The van der Waals surface area contributed by atoms with Gasteiger partial charge in [0.05, 0.1) is 10.6 Å². The summed E-state index contributed by atoms with van der Waals surface area (Å²) in [5.74, 6) is -0.851. The Morgan fingerprint density at radius 1 is 0.949 bits per heavy atom. The molecule has 0 aliphatic heterocycles. The molecule has 3 aromatic carbocycles. The smallest absolute Gasteiger partial charge is 0.264 e. The second-order valence-corrected chi connectivity index (χ2v) is 12.0. The summed E-state index contributed by atoms with van der Waals surface area (Å²) in [5.41, 5.74) is 1.75. The fourth-order valence-electron chi connectivity index (χ4n) is 4.04. The molecule has 208 valence electrons. The van der Waals surface area contributed by atoms with E-state index in [-0.39, 0.29) is 17.3 Å². The molecule has 0 saturated heterocycles. The summed E-state index contributed by atoms with van der Waals surface area (Å²) in [6, 6.07) is 18.9. The lowest BCUT2D eigenvalue weighted by Crippen LogP contribution is -2.51. The third kappa shape index (κ3) is 7.97. The summed E-state index contributed by atoms with van der Waals surface area (Å²) in [4.78, 5) is 28.3. The SMILES string of the molecule is CCCCNC(=O)C(C)N(Cc1cccc(Cl)c1)C(=O)CN(c1ccccc1C)S(=O)(=O)c1ccc(Cl)cc1. The van der Waals surface area contributed by atoms with Crippen molar-refractivity contribution in [2.45, 2.75) is 51.1 Å². The van der Waals surface area contributed by atoms with Crippen molar-refractivity contribution in [3.05, 3.63) is 94.0 Å². The normalized spacial score (nSPS) is 12.0. The van der Waals surface area contributed by atoms with Crippen molar-refractivity contribution in [1.82, 2.24) is 10.2 Å². The van der Waals surface area contributed by atoms with Crippen molar-refractivity contribution in [3.8, 4) is 0 Å². The highest BCUT2D eigenvalue weighted by Crippen LogP contribution is 2.28. The first-order valence-electron chi connectivity index (χ1n) is 12.7. The molecule has 0 heterocycles. The van der Waals surface area contributed by atoms with Crippen LogP contribution in [0.25, 0.3) is 0 Å². The Labute approximate surface area is 240 Å². The van der Waals surface area contributed by atoms with E-state index >= 15 is 0 Å². The van der Waals surface area contributed by atoms with Crippen molar-refractivity contribution in [2.24, 2.45) is 0 Å².